The number of nitrogens with one attached hydrogen (secondary N) is 2. The van der Waals surface area contributed by atoms with Crippen LogP contribution in [0.5, 0.6) is 0 Å². The van der Waals surface area contributed by atoms with Crippen molar-refractivity contribution in [1.82, 2.24) is 5.32 Å². The van der Waals surface area contributed by atoms with Gasteiger partial charge in [0.15, 0.2) is 0 Å². The molecule has 2 heterocycles. The topological polar surface area (TPSA) is 44.4 Å². The highest BCUT2D eigenvalue weighted by molar-refractivity contribution is 5.78. The zero-order chi connectivity index (χ0) is 13.9. The van der Waals surface area contributed by atoms with Crippen LogP contribution in [0, 0.1) is 5.92 Å². The van der Waals surface area contributed by atoms with Gasteiger partial charge in [0.1, 0.15) is 0 Å². The van der Waals surface area contributed by atoms with Crippen LogP contribution >= 0.6 is 0 Å². The average molecular weight is 273 g/mol. The number of amides is 1. The van der Waals surface area contributed by atoms with Crippen LogP contribution < -0.4 is 15.5 Å². The summed E-state index contributed by atoms with van der Waals surface area (Å²) in [4.78, 5) is 14.2. The molecular formula is C16H23N3O. The number of rotatable bonds is 2. The molecule has 0 aromatic heterocycles. The monoisotopic (exact) mass is 273 g/mol. The molecule has 2 N–H and O–H groups in total. The second-order valence-electron chi connectivity index (χ2n) is 5.71. The summed E-state index contributed by atoms with van der Waals surface area (Å²) in [6, 6.07) is 6.54. The van der Waals surface area contributed by atoms with E-state index in [4.69, 9.17) is 0 Å². The molecule has 1 saturated heterocycles. The van der Waals surface area contributed by atoms with Gasteiger partial charge < -0.3 is 15.5 Å². The van der Waals surface area contributed by atoms with E-state index in [0.717, 1.165) is 38.9 Å². The molecule has 4 nitrogen and oxygen atoms in total. The number of anilines is 2. The first-order valence-corrected chi connectivity index (χ1v) is 7.62. The van der Waals surface area contributed by atoms with Crippen molar-refractivity contribution in [2.24, 2.45) is 5.92 Å². The molecule has 0 spiro atoms. The van der Waals surface area contributed by atoms with Gasteiger partial charge in [-0.25, -0.2) is 0 Å². The SMILES string of the molecule is CNC(=O)C1CCN(c2cccc3c2CCCN3)CC1. The van der Waals surface area contributed by atoms with Crippen LogP contribution in [0.15, 0.2) is 18.2 Å². The highest BCUT2D eigenvalue weighted by Gasteiger charge is 2.26. The third kappa shape index (κ3) is 2.47. The lowest BCUT2D eigenvalue weighted by atomic mass is 9.94. The first kappa shape index (κ1) is 13.3. The fourth-order valence-corrected chi connectivity index (χ4v) is 3.37. The smallest absolute Gasteiger partial charge is 0.222 e. The maximum absolute atomic E-state index is 11.7. The minimum absolute atomic E-state index is 0.189. The molecule has 2 aliphatic rings. The first-order valence-electron chi connectivity index (χ1n) is 7.62. The maximum atomic E-state index is 11.7. The molecule has 108 valence electrons. The molecule has 3 rings (SSSR count). The lowest BCUT2D eigenvalue weighted by molar-refractivity contribution is -0.125. The van der Waals surface area contributed by atoms with Crippen LogP contribution in [0.25, 0.3) is 0 Å². The van der Waals surface area contributed by atoms with Gasteiger partial charge in [-0.2, -0.15) is 0 Å². The fourth-order valence-electron chi connectivity index (χ4n) is 3.37. The van der Waals surface area contributed by atoms with Gasteiger partial charge in [0, 0.05) is 44.0 Å². The molecule has 0 bridgehead atoms. The summed E-state index contributed by atoms with van der Waals surface area (Å²) in [6.45, 7) is 3.04. The Labute approximate surface area is 120 Å². The Kier molecular flexibility index (Phi) is 3.81. The minimum atomic E-state index is 0.189. The van der Waals surface area contributed by atoms with Crippen molar-refractivity contribution in [3.05, 3.63) is 23.8 Å². The number of carbonyl (C=O) groups is 1. The van der Waals surface area contributed by atoms with Gasteiger partial charge in [0.05, 0.1) is 0 Å². The van der Waals surface area contributed by atoms with Gasteiger partial charge in [-0.05, 0) is 43.4 Å². The zero-order valence-electron chi connectivity index (χ0n) is 12.1. The summed E-state index contributed by atoms with van der Waals surface area (Å²) in [7, 11) is 1.73. The summed E-state index contributed by atoms with van der Waals surface area (Å²) >= 11 is 0. The number of piperidine rings is 1. The number of hydrogen-bond acceptors (Lipinski definition) is 3. The molecule has 1 fully saturated rings. The predicted octanol–water partition coefficient (Wildman–Crippen LogP) is 2.01. The summed E-state index contributed by atoms with van der Waals surface area (Å²) < 4.78 is 0. The summed E-state index contributed by atoms with van der Waals surface area (Å²) in [5.74, 6) is 0.385. The Morgan fingerprint density at radius 3 is 2.90 bits per heavy atom. The zero-order valence-corrected chi connectivity index (χ0v) is 12.1. The van der Waals surface area contributed by atoms with Crippen LogP contribution in [0.2, 0.25) is 0 Å². The van der Waals surface area contributed by atoms with E-state index in [2.05, 4.69) is 33.7 Å². The number of hydrogen-bond donors (Lipinski definition) is 2. The van der Waals surface area contributed by atoms with Gasteiger partial charge in [-0.15, -0.1) is 0 Å². The van der Waals surface area contributed by atoms with Crippen molar-refractivity contribution in [2.45, 2.75) is 25.7 Å². The highest BCUT2D eigenvalue weighted by atomic mass is 16.1. The highest BCUT2D eigenvalue weighted by Crippen LogP contribution is 2.33. The number of nitrogens with zero attached hydrogens (tertiary/aromatic N) is 1. The summed E-state index contributed by atoms with van der Waals surface area (Å²) in [5, 5.41) is 6.26. The maximum Gasteiger partial charge on any atom is 0.222 e. The predicted molar refractivity (Wildman–Crippen MR) is 82.3 cm³/mol. The second kappa shape index (κ2) is 5.73. The minimum Gasteiger partial charge on any atom is -0.385 e. The molecule has 1 aromatic carbocycles. The van der Waals surface area contributed by atoms with Crippen molar-refractivity contribution in [2.75, 3.05) is 36.9 Å². The third-order valence-corrected chi connectivity index (χ3v) is 4.52. The average Bonchev–Trinajstić information content (AvgIpc) is 2.54. The molecule has 4 heteroatoms. The fraction of sp³-hybridized carbons (Fsp3) is 0.562. The number of fused-ring (bicyclic) bond motifs is 1. The van der Waals surface area contributed by atoms with E-state index in [1.807, 2.05) is 0 Å². The lowest BCUT2D eigenvalue weighted by Crippen LogP contribution is -2.40. The van der Waals surface area contributed by atoms with E-state index in [-0.39, 0.29) is 11.8 Å². The molecule has 0 saturated carbocycles. The second-order valence-corrected chi connectivity index (χ2v) is 5.71. The van der Waals surface area contributed by atoms with Gasteiger partial charge in [0.2, 0.25) is 5.91 Å². The van der Waals surface area contributed by atoms with E-state index in [1.165, 1.54) is 23.4 Å². The number of carbonyl (C=O) groups excluding carboxylic acids is 1. The van der Waals surface area contributed by atoms with E-state index < -0.39 is 0 Å². The van der Waals surface area contributed by atoms with E-state index in [1.54, 1.807) is 7.05 Å². The Balaban J connectivity index is 1.74. The Morgan fingerprint density at radius 2 is 2.15 bits per heavy atom. The molecule has 20 heavy (non-hydrogen) atoms. The first-order chi connectivity index (χ1) is 9.79. The molecule has 2 aliphatic heterocycles. The molecule has 0 atom stereocenters. The largest absolute Gasteiger partial charge is 0.385 e. The molecule has 0 radical (unpaired) electrons. The van der Waals surface area contributed by atoms with Crippen LogP contribution in [0.3, 0.4) is 0 Å². The summed E-state index contributed by atoms with van der Waals surface area (Å²) in [6.07, 6.45) is 4.28. The van der Waals surface area contributed by atoms with Crippen LogP contribution in [-0.4, -0.2) is 32.6 Å². The molecule has 1 amide bonds. The number of benzene rings is 1. The van der Waals surface area contributed by atoms with Crippen molar-refractivity contribution < 1.29 is 4.79 Å². The molecular weight excluding hydrogens is 250 g/mol. The Hall–Kier alpha value is -1.71. The van der Waals surface area contributed by atoms with Crippen LogP contribution in [-0.2, 0) is 11.2 Å². The lowest BCUT2D eigenvalue weighted by Gasteiger charge is -2.35. The Bertz CT molecular complexity index is 492. The van der Waals surface area contributed by atoms with Crippen molar-refractivity contribution in [3.8, 4) is 0 Å². The van der Waals surface area contributed by atoms with Gasteiger partial charge in [-0.3, -0.25) is 4.79 Å². The standard InChI is InChI=1S/C16H23N3O/c1-17-16(20)12-7-10-19(11-8-12)15-6-2-5-14-13(15)4-3-9-18-14/h2,5-6,12,18H,3-4,7-11H2,1H3,(H,17,20). The normalized spacial score (nSPS) is 19.1. The van der Waals surface area contributed by atoms with Gasteiger partial charge in [0.25, 0.3) is 0 Å². The summed E-state index contributed by atoms with van der Waals surface area (Å²) in [5.41, 5.74) is 4.12. The van der Waals surface area contributed by atoms with Gasteiger partial charge in [-0.1, -0.05) is 6.07 Å². The van der Waals surface area contributed by atoms with E-state index in [0.29, 0.717) is 0 Å². The van der Waals surface area contributed by atoms with Gasteiger partial charge >= 0.3 is 0 Å². The van der Waals surface area contributed by atoms with E-state index in [9.17, 15) is 4.79 Å². The van der Waals surface area contributed by atoms with Crippen molar-refractivity contribution >= 4 is 17.3 Å². The van der Waals surface area contributed by atoms with Crippen molar-refractivity contribution in [3.63, 3.8) is 0 Å². The molecule has 1 aromatic rings. The third-order valence-electron chi connectivity index (χ3n) is 4.52. The quantitative estimate of drug-likeness (QED) is 0.866. The van der Waals surface area contributed by atoms with E-state index >= 15 is 0 Å². The van der Waals surface area contributed by atoms with Crippen molar-refractivity contribution in [1.29, 1.82) is 0 Å². The Morgan fingerprint density at radius 1 is 1.35 bits per heavy atom. The molecule has 0 unspecified atom stereocenters. The molecule has 0 aliphatic carbocycles. The van der Waals surface area contributed by atoms with Crippen LogP contribution in [0.1, 0.15) is 24.8 Å². The van der Waals surface area contributed by atoms with Crippen LogP contribution in [0.4, 0.5) is 11.4 Å².